The first-order chi connectivity index (χ1) is 7.22. The van der Waals surface area contributed by atoms with E-state index >= 15 is 0 Å². The first kappa shape index (κ1) is 10.6. The van der Waals surface area contributed by atoms with Crippen molar-refractivity contribution in [2.24, 2.45) is 0 Å². The third-order valence-corrected chi connectivity index (χ3v) is 2.74. The summed E-state index contributed by atoms with van der Waals surface area (Å²) < 4.78 is 13.4. The lowest BCUT2D eigenvalue weighted by atomic mass is 10.2. The molecule has 1 aliphatic heterocycles. The fraction of sp³-hybridized carbons (Fsp3) is 0.556. The molecule has 0 saturated carbocycles. The van der Waals surface area contributed by atoms with Crippen molar-refractivity contribution >= 4 is 17.4 Å². The van der Waals surface area contributed by atoms with Gasteiger partial charge in [0.2, 0.25) is 5.28 Å². The summed E-state index contributed by atoms with van der Waals surface area (Å²) in [7, 11) is 0. The number of aliphatic hydroxyl groups excluding tert-OH is 1. The number of aliphatic hydroxyl groups is 1. The van der Waals surface area contributed by atoms with Crippen LogP contribution in [0.3, 0.4) is 0 Å². The zero-order valence-electron chi connectivity index (χ0n) is 8.03. The van der Waals surface area contributed by atoms with Crippen LogP contribution in [0.2, 0.25) is 5.28 Å². The number of rotatable bonds is 2. The van der Waals surface area contributed by atoms with Crippen LogP contribution in [0.15, 0.2) is 6.20 Å². The van der Waals surface area contributed by atoms with Crippen molar-refractivity contribution in [3.8, 4) is 0 Å². The summed E-state index contributed by atoms with van der Waals surface area (Å²) in [6.45, 7) is 0.691. The van der Waals surface area contributed by atoms with Crippen molar-refractivity contribution in [2.45, 2.75) is 18.9 Å². The Morgan fingerprint density at radius 3 is 3.20 bits per heavy atom. The molecule has 6 heteroatoms. The Morgan fingerprint density at radius 1 is 1.67 bits per heavy atom. The third-order valence-electron chi connectivity index (χ3n) is 2.56. The van der Waals surface area contributed by atoms with Gasteiger partial charge >= 0.3 is 0 Å². The normalized spacial score (nSPS) is 21.0. The maximum absolute atomic E-state index is 13.4. The van der Waals surface area contributed by atoms with Crippen molar-refractivity contribution < 1.29 is 9.50 Å². The highest BCUT2D eigenvalue weighted by atomic mass is 35.5. The summed E-state index contributed by atoms with van der Waals surface area (Å²) in [4.78, 5) is 9.14. The molecule has 1 saturated heterocycles. The monoisotopic (exact) mass is 231 g/mol. The fourth-order valence-electron chi connectivity index (χ4n) is 1.84. The molecule has 1 fully saturated rings. The minimum absolute atomic E-state index is 0.00105. The van der Waals surface area contributed by atoms with Gasteiger partial charge in [0, 0.05) is 6.54 Å². The molecule has 4 nitrogen and oxygen atoms in total. The molecule has 0 bridgehead atoms. The second kappa shape index (κ2) is 4.28. The molecular weight excluding hydrogens is 221 g/mol. The van der Waals surface area contributed by atoms with E-state index in [0.717, 1.165) is 19.0 Å². The molecule has 0 spiro atoms. The minimum atomic E-state index is -0.500. The van der Waals surface area contributed by atoms with E-state index in [2.05, 4.69) is 9.97 Å². The van der Waals surface area contributed by atoms with Gasteiger partial charge in [-0.05, 0) is 24.4 Å². The highest BCUT2D eigenvalue weighted by Gasteiger charge is 2.27. The number of halogens is 2. The molecule has 1 N–H and O–H groups in total. The average molecular weight is 232 g/mol. The average Bonchev–Trinajstić information content (AvgIpc) is 2.69. The lowest BCUT2D eigenvalue weighted by Gasteiger charge is -2.24. The van der Waals surface area contributed by atoms with Crippen LogP contribution in [0.4, 0.5) is 10.2 Å². The van der Waals surface area contributed by atoms with Crippen LogP contribution in [0.5, 0.6) is 0 Å². The quantitative estimate of drug-likeness (QED) is 0.778. The van der Waals surface area contributed by atoms with Gasteiger partial charge in [0.1, 0.15) is 0 Å². The van der Waals surface area contributed by atoms with Gasteiger partial charge in [-0.1, -0.05) is 0 Å². The molecule has 1 atom stereocenters. The number of hydrogen-bond donors (Lipinski definition) is 1. The second-order valence-electron chi connectivity index (χ2n) is 3.48. The lowest BCUT2D eigenvalue weighted by molar-refractivity contribution is 0.265. The Hall–Kier alpha value is -0.940. The van der Waals surface area contributed by atoms with Crippen LogP contribution < -0.4 is 4.90 Å². The summed E-state index contributed by atoms with van der Waals surface area (Å²) in [5.41, 5.74) is 0. The summed E-state index contributed by atoms with van der Waals surface area (Å²) in [5.74, 6) is -0.314. The molecule has 1 aromatic heterocycles. The zero-order valence-corrected chi connectivity index (χ0v) is 8.78. The Kier molecular flexibility index (Phi) is 3.02. The summed E-state index contributed by atoms with van der Waals surface area (Å²) in [6, 6.07) is -0.0644. The maximum atomic E-state index is 13.4. The van der Waals surface area contributed by atoms with E-state index < -0.39 is 5.82 Å². The molecule has 2 heterocycles. The van der Waals surface area contributed by atoms with E-state index in [0.29, 0.717) is 6.54 Å². The Balaban J connectivity index is 2.31. The zero-order chi connectivity index (χ0) is 10.8. The van der Waals surface area contributed by atoms with Crippen LogP contribution in [0.1, 0.15) is 12.8 Å². The predicted molar refractivity (Wildman–Crippen MR) is 54.5 cm³/mol. The van der Waals surface area contributed by atoms with Crippen molar-refractivity contribution in [3.63, 3.8) is 0 Å². The van der Waals surface area contributed by atoms with Gasteiger partial charge < -0.3 is 10.0 Å². The van der Waals surface area contributed by atoms with Crippen molar-refractivity contribution in [1.82, 2.24) is 9.97 Å². The van der Waals surface area contributed by atoms with Gasteiger partial charge in [-0.25, -0.2) is 9.37 Å². The molecular formula is C9H11ClFN3O. The lowest BCUT2D eigenvalue weighted by Crippen LogP contribution is -2.33. The van der Waals surface area contributed by atoms with E-state index in [9.17, 15) is 4.39 Å². The van der Waals surface area contributed by atoms with Crippen molar-refractivity contribution in [3.05, 3.63) is 17.3 Å². The van der Waals surface area contributed by atoms with E-state index in [-0.39, 0.29) is 23.8 Å². The molecule has 15 heavy (non-hydrogen) atoms. The standard InChI is InChI=1S/C9H11ClFN3O/c10-9-12-4-7(11)8(13-9)14-3-1-2-6(14)5-15/h4,6,15H,1-3,5H2/t6-/m0/s1. The molecule has 0 amide bonds. The van der Waals surface area contributed by atoms with Gasteiger partial charge in [-0.15, -0.1) is 0 Å². The molecule has 0 unspecified atom stereocenters. The number of anilines is 1. The highest BCUT2D eigenvalue weighted by Crippen LogP contribution is 2.26. The van der Waals surface area contributed by atoms with E-state index in [1.807, 2.05) is 0 Å². The molecule has 0 aromatic carbocycles. The van der Waals surface area contributed by atoms with Crippen molar-refractivity contribution in [2.75, 3.05) is 18.1 Å². The van der Waals surface area contributed by atoms with Gasteiger partial charge in [0.25, 0.3) is 0 Å². The summed E-state index contributed by atoms with van der Waals surface area (Å²) >= 11 is 5.61. The topological polar surface area (TPSA) is 49.2 Å². The molecule has 1 aromatic rings. The van der Waals surface area contributed by atoms with Gasteiger partial charge in [-0.2, -0.15) is 4.98 Å². The third kappa shape index (κ3) is 2.03. The first-order valence-electron chi connectivity index (χ1n) is 4.78. The van der Waals surface area contributed by atoms with Crippen LogP contribution in [-0.2, 0) is 0 Å². The molecule has 0 radical (unpaired) electrons. The van der Waals surface area contributed by atoms with Gasteiger partial charge in [0.05, 0.1) is 18.8 Å². The smallest absolute Gasteiger partial charge is 0.224 e. The SMILES string of the molecule is OC[C@@H]1CCCN1c1nc(Cl)ncc1F. The number of hydrogen-bond acceptors (Lipinski definition) is 4. The molecule has 2 rings (SSSR count). The molecule has 82 valence electrons. The number of nitrogens with zero attached hydrogens (tertiary/aromatic N) is 3. The highest BCUT2D eigenvalue weighted by molar-refractivity contribution is 6.28. The second-order valence-corrected chi connectivity index (χ2v) is 3.82. The van der Waals surface area contributed by atoms with E-state index in [4.69, 9.17) is 16.7 Å². The van der Waals surface area contributed by atoms with Crippen LogP contribution in [-0.4, -0.2) is 34.3 Å². The predicted octanol–water partition coefficient (Wildman–Crippen LogP) is 1.23. The molecule has 0 aliphatic carbocycles. The Morgan fingerprint density at radius 2 is 2.47 bits per heavy atom. The fourth-order valence-corrected chi connectivity index (χ4v) is 1.97. The number of aromatic nitrogens is 2. The van der Waals surface area contributed by atoms with Crippen LogP contribution >= 0.6 is 11.6 Å². The van der Waals surface area contributed by atoms with Gasteiger partial charge in [0.15, 0.2) is 11.6 Å². The Labute approximate surface area is 91.7 Å². The minimum Gasteiger partial charge on any atom is -0.394 e. The Bertz CT molecular complexity index is 363. The maximum Gasteiger partial charge on any atom is 0.224 e. The summed E-state index contributed by atoms with van der Waals surface area (Å²) in [6.07, 6.45) is 2.82. The van der Waals surface area contributed by atoms with Crippen molar-refractivity contribution in [1.29, 1.82) is 0 Å². The largest absolute Gasteiger partial charge is 0.394 e. The van der Waals surface area contributed by atoms with E-state index in [1.54, 1.807) is 4.90 Å². The molecule has 1 aliphatic rings. The van der Waals surface area contributed by atoms with Crippen LogP contribution in [0, 0.1) is 5.82 Å². The first-order valence-corrected chi connectivity index (χ1v) is 5.15. The van der Waals surface area contributed by atoms with Crippen LogP contribution in [0.25, 0.3) is 0 Å². The van der Waals surface area contributed by atoms with Gasteiger partial charge in [-0.3, -0.25) is 0 Å². The van der Waals surface area contributed by atoms with E-state index in [1.165, 1.54) is 0 Å². The summed E-state index contributed by atoms with van der Waals surface area (Å²) in [5, 5.41) is 9.14.